The van der Waals surface area contributed by atoms with E-state index in [1.54, 1.807) is 0 Å². The molecular weight excluding hydrogens is 541 g/mol. The van der Waals surface area contributed by atoms with Crippen molar-refractivity contribution >= 4 is 47.2 Å². The molecule has 0 bridgehead atoms. The summed E-state index contributed by atoms with van der Waals surface area (Å²) in [5, 5.41) is 0.868. The van der Waals surface area contributed by atoms with Gasteiger partial charge in [-0.25, -0.2) is 0 Å². The molecular formula is C33H43Cl2N3O2. The van der Waals surface area contributed by atoms with Crippen LogP contribution in [0.15, 0.2) is 72.8 Å². The van der Waals surface area contributed by atoms with Crippen LogP contribution in [0.4, 0.5) is 5.69 Å². The third-order valence-corrected chi connectivity index (χ3v) is 7.16. The summed E-state index contributed by atoms with van der Waals surface area (Å²) in [5.41, 5.74) is 11.0. The third kappa shape index (κ3) is 8.03. The Morgan fingerprint density at radius 2 is 1.48 bits per heavy atom. The summed E-state index contributed by atoms with van der Waals surface area (Å²) in [6, 6.07) is 23.4. The number of anilines is 1. The molecule has 0 aliphatic carbocycles. The minimum absolute atomic E-state index is 0. The lowest BCUT2D eigenvalue weighted by atomic mass is 9.97. The van der Waals surface area contributed by atoms with Gasteiger partial charge in [-0.15, -0.1) is 24.8 Å². The number of aryl methyl sites for hydroxylation is 1. The van der Waals surface area contributed by atoms with Crippen molar-refractivity contribution in [1.82, 2.24) is 9.47 Å². The Balaban J connectivity index is 0.00000280. The van der Waals surface area contributed by atoms with E-state index in [4.69, 9.17) is 10.5 Å². The fraction of sp³-hybridized carbons (Fsp3) is 0.364. The number of aromatic nitrogens is 1. The van der Waals surface area contributed by atoms with Crippen LogP contribution in [0.3, 0.4) is 0 Å². The van der Waals surface area contributed by atoms with Crippen molar-refractivity contribution in [3.8, 4) is 17.0 Å². The van der Waals surface area contributed by atoms with Crippen molar-refractivity contribution in [2.24, 2.45) is 7.05 Å². The molecule has 0 radical (unpaired) electrons. The van der Waals surface area contributed by atoms with E-state index in [0.717, 1.165) is 54.0 Å². The molecule has 0 atom stereocenters. The smallest absolute Gasteiger partial charge is 0.195 e. The Labute approximate surface area is 251 Å². The van der Waals surface area contributed by atoms with Gasteiger partial charge in [0.15, 0.2) is 5.78 Å². The fourth-order valence-corrected chi connectivity index (χ4v) is 5.05. The van der Waals surface area contributed by atoms with Crippen molar-refractivity contribution in [1.29, 1.82) is 0 Å². The van der Waals surface area contributed by atoms with Gasteiger partial charge in [0.2, 0.25) is 0 Å². The number of nitrogens with two attached hydrogens (primary N) is 1. The van der Waals surface area contributed by atoms with Crippen molar-refractivity contribution in [3.63, 3.8) is 0 Å². The lowest BCUT2D eigenvalue weighted by Crippen LogP contribution is -2.28. The molecule has 7 heteroatoms. The maximum absolute atomic E-state index is 13.9. The number of hydrogen-bond donors (Lipinski definition) is 1. The maximum atomic E-state index is 13.9. The van der Waals surface area contributed by atoms with Crippen LogP contribution >= 0.6 is 24.8 Å². The Hall–Kier alpha value is -2.99. The fourth-order valence-electron chi connectivity index (χ4n) is 5.05. The van der Waals surface area contributed by atoms with Crippen molar-refractivity contribution < 1.29 is 9.53 Å². The standard InChI is InChI=1S/C33H41N3O2.2ClH/c1-4-6-20-36(21-7-5-2)22-11-23-38-28-17-14-26(15-18-28)33(37)31-29-24-27(34)16-19-30(29)35(3)32(31)25-12-9-8-10-13-25;;/h8-10,12-19,24H,4-7,11,20-23,34H2,1-3H3;2*1H. The van der Waals surface area contributed by atoms with Crippen LogP contribution in [0.5, 0.6) is 5.75 Å². The Morgan fingerprint density at radius 1 is 0.850 bits per heavy atom. The molecule has 40 heavy (non-hydrogen) atoms. The number of benzene rings is 3. The molecule has 4 aromatic rings. The van der Waals surface area contributed by atoms with Gasteiger partial charge >= 0.3 is 0 Å². The summed E-state index contributed by atoms with van der Waals surface area (Å²) in [6.07, 6.45) is 5.93. The van der Waals surface area contributed by atoms with Crippen LogP contribution in [0.2, 0.25) is 0 Å². The number of ketones is 1. The lowest BCUT2D eigenvalue weighted by Gasteiger charge is -2.21. The largest absolute Gasteiger partial charge is 0.494 e. The van der Waals surface area contributed by atoms with E-state index in [1.807, 2.05) is 79.8 Å². The molecule has 2 N–H and O–H groups in total. The molecule has 4 rings (SSSR count). The van der Waals surface area contributed by atoms with Gasteiger partial charge in [0.1, 0.15) is 5.75 Å². The van der Waals surface area contributed by atoms with Crippen molar-refractivity contribution in [2.75, 3.05) is 32.0 Å². The summed E-state index contributed by atoms with van der Waals surface area (Å²) in [5.74, 6) is 0.773. The van der Waals surface area contributed by atoms with Crippen LogP contribution < -0.4 is 10.5 Å². The summed E-state index contributed by atoms with van der Waals surface area (Å²) in [4.78, 5) is 16.5. The topological polar surface area (TPSA) is 60.5 Å². The van der Waals surface area contributed by atoms with E-state index in [0.29, 0.717) is 23.4 Å². The van der Waals surface area contributed by atoms with Gasteiger partial charge < -0.3 is 19.9 Å². The second-order valence-electron chi connectivity index (χ2n) is 10.0. The number of ether oxygens (including phenoxy) is 1. The van der Waals surface area contributed by atoms with E-state index >= 15 is 0 Å². The number of fused-ring (bicyclic) bond motifs is 1. The first-order chi connectivity index (χ1) is 18.5. The molecule has 0 fully saturated rings. The highest BCUT2D eigenvalue weighted by Gasteiger charge is 2.23. The molecule has 3 aromatic carbocycles. The Morgan fingerprint density at radius 3 is 2.10 bits per heavy atom. The van der Waals surface area contributed by atoms with Crippen molar-refractivity contribution in [3.05, 3.63) is 83.9 Å². The second kappa shape index (κ2) is 16.3. The zero-order valence-corrected chi connectivity index (χ0v) is 25.5. The first kappa shape index (κ1) is 33.2. The Bertz CT molecular complexity index is 1330. The highest BCUT2D eigenvalue weighted by molar-refractivity contribution is 6.21. The highest BCUT2D eigenvalue weighted by Crippen LogP contribution is 2.35. The van der Waals surface area contributed by atoms with Gasteiger partial charge in [0.25, 0.3) is 0 Å². The van der Waals surface area contributed by atoms with Gasteiger partial charge in [-0.3, -0.25) is 4.79 Å². The number of rotatable bonds is 14. The van der Waals surface area contributed by atoms with Crippen LogP contribution in [-0.2, 0) is 7.05 Å². The number of carbonyl (C=O) groups is 1. The normalized spacial score (nSPS) is 10.8. The van der Waals surface area contributed by atoms with Gasteiger partial charge in [-0.05, 0) is 80.4 Å². The molecule has 1 aromatic heterocycles. The average molecular weight is 585 g/mol. The van der Waals surface area contributed by atoms with E-state index in [1.165, 1.54) is 25.7 Å². The minimum Gasteiger partial charge on any atom is -0.494 e. The van der Waals surface area contributed by atoms with Gasteiger partial charge in [-0.1, -0.05) is 57.0 Å². The lowest BCUT2D eigenvalue weighted by molar-refractivity contribution is 0.104. The summed E-state index contributed by atoms with van der Waals surface area (Å²) < 4.78 is 8.11. The predicted octanol–water partition coefficient (Wildman–Crippen LogP) is 8.17. The molecule has 0 saturated carbocycles. The summed E-state index contributed by atoms with van der Waals surface area (Å²) in [6.45, 7) is 8.55. The number of halogens is 2. The first-order valence-electron chi connectivity index (χ1n) is 14.0. The van der Waals surface area contributed by atoms with Crippen LogP contribution in [0.25, 0.3) is 22.2 Å². The molecule has 0 saturated heterocycles. The van der Waals surface area contributed by atoms with Gasteiger partial charge in [0.05, 0.1) is 17.9 Å². The number of hydrogen-bond acceptors (Lipinski definition) is 4. The minimum atomic E-state index is -0.0194. The molecule has 0 aliphatic heterocycles. The number of nitrogen functional groups attached to an aromatic ring is 1. The zero-order valence-electron chi connectivity index (χ0n) is 23.9. The van der Waals surface area contributed by atoms with Crippen LogP contribution in [0.1, 0.15) is 61.9 Å². The Kier molecular flexibility index (Phi) is 13.6. The molecule has 0 spiro atoms. The van der Waals surface area contributed by atoms with E-state index in [9.17, 15) is 4.79 Å². The molecule has 1 heterocycles. The number of unbranched alkanes of at least 4 members (excludes halogenated alkanes) is 2. The van der Waals surface area contributed by atoms with Crippen LogP contribution in [0, 0.1) is 0 Å². The summed E-state index contributed by atoms with van der Waals surface area (Å²) >= 11 is 0. The predicted molar refractivity (Wildman–Crippen MR) is 174 cm³/mol. The molecule has 0 aliphatic rings. The first-order valence-corrected chi connectivity index (χ1v) is 14.0. The SMILES string of the molecule is CCCCN(CCCC)CCCOc1ccc(C(=O)c2c(-c3ccccc3)n(C)c3ccc(N)cc23)cc1.Cl.Cl. The molecule has 0 unspecified atom stereocenters. The number of carbonyl (C=O) groups excluding carboxylic acids is 1. The third-order valence-electron chi connectivity index (χ3n) is 7.16. The highest BCUT2D eigenvalue weighted by atomic mass is 35.5. The molecule has 0 amide bonds. The molecule has 216 valence electrons. The van der Waals surface area contributed by atoms with E-state index < -0.39 is 0 Å². The monoisotopic (exact) mass is 583 g/mol. The van der Waals surface area contributed by atoms with Crippen molar-refractivity contribution in [2.45, 2.75) is 46.0 Å². The van der Waals surface area contributed by atoms with Crippen LogP contribution in [-0.4, -0.2) is 41.5 Å². The van der Waals surface area contributed by atoms with Gasteiger partial charge in [-0.2, -0.15) is 0 Å². The summed E-state index contributed by atoms with van der Waals surface area (Å²) in [7, 11) is 2.00. The second-order valence-corrected chi connectivity index (χ2v) is 10.0. The van der Waals surface area contributed by atoms with E-state index in [-0.39, 0.29) is 30.6 Å². The quantitative estimate of drug-likeness (QED) is 0.0923. The molecule has 5 nitrogen and oxygen atoms in total. The average Bonchev–Trinajstić information content (AvgIpc) is 3.23. The van der Waals surface area contributed by atoms with Gasteiger partial charge in [0, 0.05) is 35.7 Å². The maximum Gasteiger partial charge on any atom is 0.195 e. The van der Waals surface area contributed by atoms with E-state index in [2.05, 4.69) is 23.3 Å². The zero-order chi connectivity index (χ0) is 26.9. The number of nitrogens with zero attached hydrogens (tertiary/aromatic N) is 2.